The van der Waals surface area contributed by atoms with Crippen LogP contribution in [0, 0.1) is 6.92 Å². The molecule has 1 amide bonds. The van der Waals surface area contributed by atoms with Crippen molar-refractivity contribution in [2.45, 2.75) is 19.4 Å². The second kappa shape index (κ2) is 6.58. The first-order chi connectivity index (χ1) is 10.3. The first-order valence-corrected chi connectivity index (χ1v) is 7.13. The normalized spacial score (nSPS) is 11.3. The summed E-state index contributed by atoms with van der Waals surface area (Å²) in [5.41, 5.74) is 0.359. The number of carbonyl (C=O) groups is 1. The fraction of sp³-hybridized carbons (Fsp3) is 0.200. The number of rotatable bonds is 5. The second-order valence-electron chi connectivity index (χ2n) is 4.76. The van der Waals surface area contributed by atoms with Gasteiger partial charge in [-0.3, -0.25) is 4.79 Å². The van der Waals surface area contributed by atoms with Crippen molar-refractivity contribution in [3.8, 4) is 0 Å². The highest BCUT2D eigenvalue weighted by Gasteiger charge is 2.37. The summed E-state index contributed by atoms with van der Waals surface area (Å²) in [5.74, 6) is -2.92. The molecule has 1 heterocycles. The van der Waals surface area contributed by atoms with Crippen molar-refractivity contribution in [3.05, 3.63) is 57.7 Å². The zero-order valence-electron chi connectivity index (χ0n) is 11.6. The largest absolute Gasteiger partial charge is 0.311 e. The van der Waals surface area contributed by atoms with Gasteiger partial charge in [-0.2, -0.15) is 8.78 Å². The van der Waals surface area contributed by atoms with Crippen molar-refractivity contribution in [1.82, 2.24) is 0 Å². The van der Waals surface area contributed by atoms with Gasteiger partial charge in [-0.05, 0) is 37.3 Å². The quantitative estimate of drug-likeness (QED) is 0.645. The maximum Gasteiger partial charge on any atom is 0.311 e. The van der Waals surface area contributed by atoms with Gasteiger partial charge < -0.3 is 0 Å². The molecule has 2 rings (SSSR count). The molecule has 0 radical (unpaired) electrons. The lowest BCUT2D eigenvalue weighted by atomic mass is 10.1. The number of aromatic nitrogens is 1. The van der Waals surface area contributed by atoms with Crippen LogP contribution in [-0.4, -0.2) is 6.41 Å². The number of anilines is 1. The first-order valence-electron chi connectivity index (χ1n) is 6.38. The van der Waals surface area contributed by atoms with Crippen LogP contribution in [-0.2, 0) is 17.3 Å². The molecule has 1 N–H and O–H groups in total. The number of hydrogen-bond donors (Lipinski definition) is 1. The van der Waals surface area contributed by atoms with E-state index in [1.807, 2.05) is 0 Å². The van der Waals surface area contributed by atoms with Gasteiger partial charge in [0.15, 0.2) is 6.54 Å². The van der Waals surface area contributed by atoms with Crippen LogP contribution < -0.4 is 9.88 Å². The Labute approximate surface area is 136 Å². The Kier molecular flexibility index (Phi) is 4.98. The van der Waals surface area contributed by atoms with Crippen LogP contribution in [0.15, 0.2) is 36.5 Å². The zero-order valence-corrected chi connectivity index (χ0v) is 13.1. The van der Waals surface area contributed by atoms with Crippen molar-refractivity contribution >= 4 is 35.4 Å². The van der Waals surface area contributed by atoms with Crippen LogP contribution in [0.2, 0.25) is 10.0 Å². The van der Waals surface area contributed by atoms with Crippen molar-refractivity contribution < 1.29 is 18.1 Å². The van der Waals surface area contributed by atoms with E-state index in [1.54, 1.807) is 19.1 Å². The summed E-state index contributed by atoms with van der Waals surface area (Å²) in [6.07, 6.45) is 1.92. The summed E-state index contributed by atoms with van der Waals surface area (Å²) in [5, 5.41) is 2.62. The number of halogens is 4. The lowest BCUT2D eigenvalue weighted by Crippen LogP contribution is -2.44. The third-order valence-corrected chi connectivity index (χ3v) is 3.71. The molecule has 0 saturated heterocycles. The highest BCUT2D eigenvalue weighted by Crippen LogP contribution is 2.35. The van der Waals surface area contributed by atoms with E-state index in [-0.39, 0.29) is 15.6 Å². The Bertz CT molecular complexity index is 708. The number of alkyl halides is 2. The minimum absolute atomic E-state index is 0.101. The van der Waals surface area contributed by atoms with E-state index >= 15 is 0 Å². The maximum atomic E-state index is 14.5. The van der Waals surface area contributed by atoms with Gasteiger partial charge >= 0.3 is 5.92 Å². The summed E-state index contributed by atoms with van der Waals surface area (Å²) in [4.78, 5) is 10.7. The zero-order chi connectivity index (χ0) is 16.3. The van der Waals surface area contributed by atoms with Gasteiger partial charge in [0.1, 0.15) is 0 Å². The molecule has 22 heavy (non-hydrogen) atoms. The Morgan fingerprint density at radius 3 is 2.68 bits per heavy atom. The molecular formula is C15H13Cl2F2N2O+. The van der Waals surface area contributed by atoms with Crippen LogP contribution in [0.4, 0.5) is 14.6 Å². The molecule has 0 bridgehead atoms. The number of amides is 1. The van der Waals surface area contributed by atoms with E-state index in [1.165, 1.54) is 29.0 Å². The van der Waals surface area contributed by atoms with Crippen LogP contribution >= 0.6 is 23.2 Å². The molecule has 0 saturated carbocycles. The Balaban J connectivity index is 2.40. The van der Waals surface area contributed by atoms with Crippen molar-refractivity contribution in [2.24, 2.45) is 0 Å². The van der Waals surface area contributed by atoms with E-state index in [9.17, 15) is 13.6 Å². The Hall–Kier alpha value is -1.72. The van der Waals surface area contributed by atoms with E-state index in [0.717, 1.165) is 0 Å². The molecule has 0 unspecified atom stereocenters. The molecule has 0 aliphatic heterocycles. The van der Waals surface area contributed by atoms with Gasteiger partial charge in [0.25, 0.3) is 12.2 Å². The predicted octanol–water partition coefficient (Wildman–Crippen LogP) is 3.95. The monoisotopic (exact) mass is 345 g/mol. The fourth-order valence-corrected chi connectivity index (χ4v) is 2.69. The van der Waals surface area contributed by atoms with E-state index in [4.69, 9.17) is 23.2 Å². The lowest BCUT2D eigenvalue weighted by molar-refractivity contribution is -0.702. The van der Waals surface area contributed by atoms with Gasteiger partial charge in [0, 0.05) is 16.1 Å². The fourth-order valence-electron chi connectivity index (χ4n) is 2.14. The van der Waals surface area contributed by atoms with Gasteiger partial charge in [-0.25, -0.2) is 9.88 Å². The number of aryl methyl sites for hydroxylation is 1. The molecule has 0 aliphatic rings. The molecule has 3 nitrogen and oxygen atoms in total. The molecule has 116 valence electrons. The van der Waals surface area contributed by atoms with Crippen LogP contribution in [0.25, 0.3) is 0 Å². The lowest BCUT2D eigenvalue weighted by Gasteiger charge is -2.18. The average molecular weight is 346 g/mol. The summed E-state index contributed by atoms with van der Waals surface area (Å²) in [6, 6.07) is 7.19. The number of hydrogen-bond acceptors (Lipinski definition) is 1. The maximum absolute atomic E-state index is 14.5. The summed E-state index contributed by atoms with van der Waals surface area (Å²) in [6.45, 7) is 1.06. The highest BCUT2D eigenvalue weighted by atomic mass is 35.5. The van der Waals surface area contributed by atoms with Gasteiger partial charge in [-0.1, -0.05) is 23.2 Å². The number of nitrogens with one attached hydrogen (secondary N) is 1. The van der Waals surface area contributed by atoms with Gasteiger partial charge in [-0.15, -0.1) is 0 Å². The number of carbonyl (C=O) groups excluding carboxylic acids is 1. The molecule has 0 aliphatic carbocycles. The second-order valence-corrected chi connectivity index (χ2v) is 5.60. The first kappa shape index (κ1) is 16.6. The van der Waals surface area contributed by atoms with Crippen molar-refractivity contribution in [3.63, 3.8) is 0 Å². The Morgan fingerprint density at radius 2 is 2.05 bits per heavy atom. The van der Waals surface area contributed by atoms with Crippen LogP contribution in [0.5, 0.6) is 0 Å². The third-order valence-electron chi connectivity index (χ3n) is 3.16. The minimum Gasteiger partial charge on any atom is -0.251 e. The third kappa shape index (κ3) is 3.54. The van der Waals surface area contributed by atoms with E-state index in [0.29, 0.717) is 17.8 Å². The molecule has 0 fully saturated rings. The molecule has 1 aromatic heterocycles. The number of benzene rings is 1. The summed E-state index contributed by atoms with van der Waals surface area (Å²) < 4.78 is 30.3. The molecule has 0 spiro atoms. The average Bonchev–Trinajstić information content (AvgIpc) is 2.42. The van der Waals surface area contributed by atoms with Crippen molar-refractivity contribution in [1.29, 1.82) is 0 Å². The van der Waals surface area contributed by atoms with Crippen LogP contribution in [0.3, 0.4) is 0 Å². The SMILES string of the molecule is Cc1ccc[n+](CC(F)(F)c2ccc(Cl)cc2Cl)c1NC=O. The predicted molar refractivity (Wildman–Crippen MR) is 81.4 cm³/mol. The smallest absolute Gasteiger partial charge is 0.251 e. The molecular weight excluding hydrogens is 333 g/mol. The molecule has 2 aromatic rings. The van der Waals surface area contributed by atoms with Gasteiger partial charge in [0.05, 0.1) is 11.2 Å². The molecule has 7 heteroatoms. The number of pyridine rings is 1. The van der Waals surface area contributed by atoms with E-state index < -0.39 is 12.5 Å². The summed E-state index contributed by atoms with van der Waals surface area (Å²) in [7, 11) is 0. The highest BCUT2D eigenvalue weighted by molar-refractivity contribution is 6.35. The topological polar surface area (TPSA) is 33.0 Å². The molecule has 1 aromatic carbocycles. The molecule has 0 atom stereocenters. The Morgan fingerprint density at radius 1 is 1.32 bits per heavy atom. The standard InChI is InChI=1S/C15H12Cl2F2N2O/c1-10-3-2-6-21(14(10)20-9-22)8-15(18,19)12-5-4-11(16)7-13(12)17/h2-7,9H,8H2,1H3/p+1. The van der Waals surface area contributed by atoms with E-state index in [2.05, 4.69) is 5.32 Å². The summed E-state index contributed by atoms with van der Waals surface area (Å²) >= 11 is 11.6. The van der Waals surface area contributed by atoms with Gasteiger partial charge in [0.2, 0.25) is 0 Å². The minimum atomic E-state index is -3.22. The van der Waals surface area contributed by atoms with Crippen LogP contribution in [0.1, 0.15) is 11.1 Å². The number of nitrogens with zero attached hydrogens (tertiary/aromatic N) is 1. The van der Waals surface area contributed by atoms with Crippen molar-refractivity contribution in [2.75, 3.05) is 5.32 Å².